The number of aliphatic hydroxyl groups is 1. The third kappa shape index (κ3) is 2.38. The molecule has 3 nitrogen and oxygen atoms in total. The van der Waals surface area contributed by atoms with Crippen molar-refractivity contribution in [1.82, 2.24) is 4.90 Å². The third-order valence-electron chi connectivity index (χ3n) is 3.64. The van der Waals surface area contributed by atoms with Crippen molar-refractivity contribution in [2.75, 3.05) is 13.1 Å². The number of hydrogen-bond acceptors (Lipinski definition) is 3. The molecule has 1 aromatic carbocycles. The first kappa shape index (κ1) is 13.0. The largest absolute Gasteiger partial charge is 0.387 e. The molecule has 0 aromatic heterocycles. The summed E-state index contributed by atoms with van der Waals surface area (Å²) < 4.78 is 13.6. The van der Waals surface area contributed by atoms with Crippen LogP contribution in [-0.2, 0) is 6.54 Å². The molecule has 1 fully saturated rings. The van der Waals surface area contributed by atoms with Crippen molar-refractivity contribution in [1.29, 1.82) is 5.26 Å². The molecular formula is C14H17FN2O. The molecule has 1 aliphatic rings. The molecule has 4 heteroatoms. The molecule has 1 saturated heterocycles. The van der Waals surface area contributed by atoms with Gasteiger partial charge in [-0.25, -0.2) is 4.39 Å². The van der Waals surface area contributed by atoms with Crippen molar-refractivity contribution < 1.29 is 9.50 Å². The van der Waals surface area contributed by atoms with Gasteiger partial charge in [-0.05, 0) is 24.1 Å². The average molecular weight is 248 g/mol. The molecule has 0 atom stereocenters. The standard InChI is InChI=1S/C14H17FN2O/c1-10(2)14(18)8-17(9-14)7-12-5-11(6-16)3-4-13(12)15/h3-5,10,18H,7-9H2,1-2H3. The van der Waals surface area contributed by atoms with E-state index in [-0.39, 0.29) is 11.7 Å². The van der Waals surface area contributed by atoms with Crippen LogP contribution in [0.3, 0.4) is 0 Å². The molecule has 18 heavy (non-hydrogen) atoms. The van der Waals surface area contributed by atoms with Gasteiger partial charge < -0.3 is 5.11 Å². The van der Waals surface area contributed by atoms with Crippen LogP contribution in [0.25, 0.3) is 0 Å². The summed E-state index contributed by atoms with van der Waals surface area (Å²) in [6, 6.07) is 6.37. The van der Waals surface area contributed by atoms with Crippen LogP contribution in [0.1, 0.15) is 25.0 Å². The van der Waals surface area contributed by atoms with E-state index in [1.54, 1.807) is 6.07 Å². The van der Waals surface area contributed by atoms with Crippen molar-refractivity contribution in [2.24, 2.45) is 5.92 Å². The Kier molecular flexibility index (Phi) is 3.38. The van der Waals surface area contributed by atoms with Crippen LogP contribution in [-0.4, -0.2) is 28.7 Å². The summed E-state index contributed by atoms with van der Waals surface area (Å²) in [4.78, 5) is 1.99. The van der Waals surface area contributed by atoms with Gasteiger partial charge in [0.1, 0.15) is 5.82 Å². The predicted octanol–water partition coefficient (Wildman–Crippen LogP) is 1.90. The van der Waals surface area contributed by atoms with Crippen molar-refractivity contribution in [3.05, 3.63) is 35.1 Å². The fourth-order valence-electron chi connectivity index (χ4n) is 2.21. The molecule has 96 valence electrons. The van der Waals surface area contributed by atoms with Gasteiger partial charge in [0.25, 0.3) is 0 Å². The molecule has 0 spiro atoms. The minimum absolute atomic E-state index is 0.198. The van der Waals surface area contributed by atoms with Gasteiger partial charge >= 0.3 is 0 Å². The highest BCUT2D eigenvalue weighted by atomic mass is 19.1. The highest BCUT2D eigenvalue weighted by Gasteiger charge is 2.43. The lowest BCUT2D eigenvalue weighted by Gasteiger charge is -2.49. The SMILES string of the molecule is CC(C)C1(O)CN(Cc2cc(C#N)ccc2F)C1. The van der Waals surface area contributed by atoms with E-state index in [1.165, 1.54) is 12.1 Å². The Labute approximate surface area is 106 Å². The third-order valence-corrected chi connectivity index (χ3v) is 3.64. The number of β-amino-alcohol motifs (C(OH)–C–C–N with tert-alkyl or cyclic N) is 1. The maximum absolute atomic E-state index is 13.6. The number of hydrogen-bond donors (Lipinski definition) is 1. The lowest BCUT2D eigenvalue weighted by atomic mass is 9.83. The second-order valence-corrected chi connectivity index (χ2v) is 5.32. The second-order valence-electron chi connectivity index (χ2n) is 5.32. The fourth-order valence-corrected chi connectivity index (χ4v) is 2.21. The van der Waals surface area contributed by atoms with Crippen LogP contribution in [0.4, 0.5) is 4.39 Å². The highest BCUT2D eigenvalue weighted by molar-refractivity contribution is 5.33. The van der Waals surface area contributed by atoms with E-state index in [2.05, 4.69) is 0 Å². The van der Waals surface area contributed by atoms with E-state index < -0.39 is 5.60 Å². The van der Waals surface area contributed by atoms with Crippen LogP contribution in [0.15, 0.2) is 18.2 Å². The first-order valence-electron chi connectivity index (χ1n) is 6.08. The summed E-state index contributed by atoms with van der Waals surface area (Å²) in [6.07, 6.45) is 0. The van der Waals surface area contributed by atoms with Crippen LogP contribution < -0.4 is 0 Å². The molecule has 0 amide bonds. The van der Waals surface area contributed by atoms with E-state index >= 15 is 0 Å². The van der Waals surface area contributed by atoms with Crippen molar-refractivity contribution in [2.45, 2.75) is 26.0 Å². The van der Waals surface area contributed by atoms with Crippen molar-refractivity contribution in [3.63, 3.8) is 0 Å². The zero-order chi connectivity index (χ0) is 13.3. The quantitative estimate of drug-likeness (QED) is 0.888. The highest BCUT2D eigenvalue weighted by Crippen LogP contribution is 2.30. The second kappa shape index (κ2) is 4.68. The minimum atomic E-state index is -0.649. The van der Waals surface area contributed by atoms with Crippen LogP contribution in [0, 0.1) is 23.1 Å². The van der Waals surface area contributed by atoms with E-state index in [4.69, 9.17) is 5.26 Å². The number of nitrogens with zero attached hydrogens (tertiary/aromatic N) is 2. The van der Waals surface area contributed by atoms with Gasteiger partial charge in [0.05, 0.1) is 17.2 Å². The Hall–Kier alpha value is -1.44. The predicted molar refractivity (Wildman–Crippen MR) is 66.2 cm³/mol. The first-order valence-corrected chi connectivity index (χ1v) is 6.08. The van der Waals surface area contributed by atoms with Crippen molar-refractivity contribution in [3.8, 4) is 6.07 Å². The van der Waals surface area contributed by atoms with E-state index in [0.29, 0.717) is 30.8 Å². The zero-order valence-electron chi connectivity index (χ0n) is 10.7. The average Bonchev–Trinajstić information content (AvgIpc) is 2.29. The van der Waals surface area contributed by atoms with Gasteiger partial charge in [-0.2, -0.15) is 5.26 Å². The summed E-state index contributed by atoms with van der Waals surface area (Å²) in [6.45, 7) is 5.51. The Balaban J connectivity index is 2.03. The Morgan fingerprint density at radius 3 is 2.72 bits per heavy atom. The number of nitriles is 1. The van der Waals surface area contributed by atoms with Gasteiger partial charge in [0, 0.05) is 25.2 Å². The topological polar surface area (TPSA) is 47.3 Å². The maximum atomic E-state index is 13.6. The van der Waals surface area contributed by atoms with Crippen LogP contribution >= 0.6 is 0 Å². The van der Waals surface area contributed by atoms with E-state index in [1.807, 2.05) is 24.8 Å². The molecular weight excluding hydrogens is 231 g/mol. The van der Waals surface area contributed by atoms with Gasteiger partial charge in [0.15, 0.2) is 0 Å². The Bertz CT molecular complexity index is 487. The van der Waals surface area contributed by atoms with Gasteiger partial charge in [-0.3, -0.25) is 4.90 Å². The number of rotatable bonds is 3. The zero-order valence-corrected chi connectivity index (χ0v) is 10.7. The summed E-state index contributed by atoms with van der Waals surface area (Å²) in [5.41, 5.74) is 0.328. The van der Waals surface area contributed by atoms with E-state index in [9.17, 15) is 9.50 Å². The van der Waals surface area contributed by atoms with Gasteiger partial charge in [0.2, 0.25) is 0 Å². The minimum Gasteiger partial charge on any atom is -0.387 e. The summed E-state index contributed by atoms with van der Waals surface area (Å²) in [5, 5.41) is 18.9. The maximum Gasteiger partial charge on any atom is 0.127 e. The lowest BCUT2D eigenvalue weighted by molar-refractivity contribution is -0.131. The molecule has 0 saturated carbocycles. The molecule has 0 unspecified atom stereocenters. The Morgan fingerprint density at radius 2 is 2.17 bits per heavy atom. The molecule has 0 radical (unpaired) electrons. The van der Waals surface area contributed by atoms with Crippen LogP contribution in [0.2, 0.25) is 0 Å². The first-order chi connectivity index (χ1) is 8.44. The number of likely N-dealkylation sites (tertiary alicyclic amines) is 1. The Morgan fingerprint density at radius 1 is 1.50 bits per heavy atom. The molecule has 1 aromatic rings. The summed E-state index contributed by atoms with van der Waals surface area (Å²) in [5.74, 6) is -0.0990. The molecule has 0 bridgehead atoms. The number of benzene rings is 1. The number of halogens is 1. The van der Waals surface area contributed by atoms with Gasteiger partial charge in [-0.15, -0.1) is 0 Å². The normalized spacial score (nSPS) is 18.4. The monoisotopic (exact) mass is 248 g/mol. The molecule has 2 rings (SSSR count). The van der Waals surface area contributed by atoms with E-state index in [0.717, 1.165) is 0 Å². The molecule has 1 heterocycles. The fraction of sp³-hybridized carbons (Fsp3) is 0.500. The lowest BCUT2D eigenvalue weighted by Crippen LogP contribution is -2.63. The molecule has 1 aliphatic heterocycles. The van der Waals surface area contributed by atoms with Crippen molar-refractivity contribution >= 4 is 0 Å². The van der Waals surface area contributed by atoms with Gasteiger partial charge in [-0.1, -0.05) is 13.8 Å². The smallest absolute Gasteiger partial charge is 0.127 e. The molecule has 0 aliphatic carbocycles. The summed E-state index contributed by atoms with van der Waals surface area (Å²) in [7, 11) is 0. The molecule has 1 N–H and O–H groups in total. The van der Waals surface area contributed by atoms with Crippen LogP contribution in [0.5, 0.6) is 0 Å². The summed E-state index contributed by atoms with van der Waals surface area (Å²) >= 11 is 0.